The molecule has 2 N–H and O–H groups in total. The third kappa shape index (κ3) is 3.17. The fourth-order valence-electron chi connectivity index (χ4n) is 1.04. The van der Waals surface area contributed by atoms with Gasteiger partial charge >= 0.3 is 6.18 Å². The molecule has 0 atom stereocenters. The molecule has 0 spiro atoms. The monoisotopic (exact) mass is 277 g/mol. The molecule has 0 heterocycles. The molecule has 0 unspecified atom stereocenters. The minimum absolute atomic E-state index is 0.0954. The van der Waals surface area contributed by atoms with Crippen molar-refractivity contribution < 1.29 is 13.2 Å². The Morgan fingerprint density at radius 3 is 2.53 bits per heavy atom. The third-order valence-electron chi connectivity index (χ3n) is 1.64. The van der Waals surface area contributed by atoms with Crippen molar-refractivity contribution in [3.05, 3.63) is 29.3 Å². The van der Waals surface area contributed by atoms with Crippen molar-refractivity contribution in [1.29, 1.82) is 0 Å². The topological polar surface area (TPSA) is 26.0 Å². The van der Waals surface area contributed by atoms with Gasteiger partial charge in [0.15, 0.2) is 0 Å². The van der Waals surface area contributed by atoms with Crippen molar-refractivity contribution >= 4 is 21.6 Å². The summed E-state index contributed by atoms with van der Waals surface area (Å²) in [5.74, 6) is 4.93. The molecule has 0 amide bonds. The van der Waals surface area contributed by atoms with E-state index in [0.29, 0.717) is 5.33 Å². The van der Waals surface area contributed by atoms with Gasteiger partial charge in [0.2, 0.25) is 0 Å². The van der Waals surface area contributed by atoms with Crippen molar-refractivity contribution in [1.82, 2.24) is 0 Å². The first-order chi connectivity index (χ1) is 6.95. The number of nitrogen functional groups attached to an aromatic ring is 1. The van der Waals surface area contributed by atoms with Crippen LogP contribution in [0.25, 0.3) is 0 Å². The predicted molar refractivity (Wildman–Crippen MR) is 56.5 cm³/mol. The summed E-state index contributed by atoms with van der Waals surface area (Å²) in [6, 6.07) is 3.37. The van der Waals surface area contributed by atoms with E-state index >= 15 is 0 Å². The van der Waals surface area contributed by atoms with Crippen LogP contribution in [0, 0.1) is 11.8 Å². The van der Waals surface area contributed by atoms with Crippen LogP contribution in [0.2, 0.25) is 0 Å². The minimum Gasteiger partial charge on any atom is -0.399 e. The number of rotatable bonds is 0. The molecule has 0 saturated heterocycles. The SMILES string of the molecule is Nc1ccc(C(F)(F)F)c(C#CCBr)c1. The van der Waals surface area contributed by atoms with Crippen molar-refractivity contribution in [2.75, 3.05) is 11.1 Å². The maximum absolute atomic E-state index is 12.5. The summed E-state index contributed by atoms with van der Waals surface area (Å²) in [6.45, 7) is 0. The Kier molecular flexibility index (Phi) is 3.64. The molecule has 0 saturated carbocycles. The van der Waals surface area contributed by atoms with Crippen molar-refractivity contribution in [3.8, 4) is 11.8 Å². The highest BCUT2D eigenvalue weighted by Gasteiger charge is 2.32. The predicted octanol–water partition coefficient (Wildman–Crippen LogP) is 3.03. The van der Waals surface area contributed by atoms with E-state index in [0.717, 1.165) is 6.07 Å². The van der Waals surface area contributed by atoms with Gasteiger partial charge in [0.05, 0.1) is 10.9 Å². The molecule has 0 aliphatic carbocycles. The summed E-state index contributed by atoms with van der Waals surface area (Å²) in [4.78, 5) is 0. The molecule has 5 heteroatoms. The highest BCUT2D eigenvalue weighted by molar-refractivity contribution is 9.09. The molecule has 0 fully saturated rings. The van der Waals surface area contributed by atoms with Crippen LogP contribution in [0.3, 0.4) is 0 Å². The maximum Gasteiger partial charge on any atom is 0.417 e. The third-order valence-corrected chi connectivity index (χ3v) is 1.92. The van der Waals surface area contributed by atoms with Gasteiger partial charge in [-0.2, -0.15) is 13.2 Å². The van der Waals surface area contributed by atoms with Gasteiger partial charge in [-0.05, 0) is 18.2 Å². The lowest BCUT2D eigenvalue weighted by atomic mass is 10.1. The summed E-state index contributed by atoms with van der Waals surface area (Å²) in [7, 11) is 0. The highest BCUT2D eigenvalue weighted by atomic mass is 79.9. The molecule has 0 aromatic heterocycles. The standard InChI is InChI=1S/C10H7BrF3N/c11-5-1-2-7-6-8(15)3-4-9(7)10(12,13)14/h3-4,6H,5,15H2. The Hall–Kier alpha value is -1.15. The molecule has 1 aromatic carbocycles. The summed E-state index contributed by atoms with van der Waals surface area (Å²) < 4.78 is 37.5. The van der Waals surface area contributed by atoms with Gasteiger partial charge in [-0.1, -0.05) is 27.8 Å². The van der Waals surface area contributed by atoms with Gasteiger partial charge < -0.3 is 5.73 Å². The molecule has 1 aromatic rings. The number of anilines is 1. The van der Waals surface area contributed by atoms with Crippen LogP contribution in [0.1, 0.15) is 11.1 Å². The van der Waals surface area contributed by atoms with E-state index in [1.165, 1.54) is 12.1 Å². The second-order valence-corrected chi connectivity index (χ2v) is 3.30. The van der Waals surface area contributed by atoms with Gasteiger partial charge in [-0.25, -0.2) is 0 Å². The van der Waals surface area contributed by atoms with Crippen molar-refractivity contribution in [3.63, 3.8) is 0 Å². The first kappa shape index (κ1) is 11.9. The van der Waals surface area contributed by atoms with E-state index in [4.69, 9.17) is 5.73 Å². The normalized spacial score (nSPS) is 10.7. The zero-order valence-electron chi connectivity index (χ0n) is 7.53. The van der Waals surface area contributed by atoms with Gasteiger partial charge in [0.1, 0.15) is 0 Å². The Bertz CT molecular complexity index is 415. The van der Waals surface area contributed by atoms with E-state index in [1.54, 1.807) is 0 Å². The average Bonchev–Trinajstić information content (AvgIpc) is 2.12. The fourth-order valence-corrected chi connectivity index (χ4v) is 1.18. The smallest absolute Gasteiger partial charge is 0.399 e. The van der Waals surface area contributed by atoms with E-state index in [1.807, 2.05) is 0 Å². The maximum atomic E-state index is 12.5. The molecule has 0 aliphatic rings. The number of nitrogens with two attached hydrogens (primary N) is 1. The minimum atomic E-state index is -4.40. The quantitative estimate of drug-likeness (QED) is 0.440. The molecule has 1 rings (SSSR count). The second kappa shape index (κ2) is 4.58. The fraction of sp³-hybridized carbons (Fsp3) is 0.200. The molecular formula is C10H7BrF3N. The lowest BCUT2D eigenvalue weighted by molar-refractivity contribution is -0.137. The number of hydrogen-bond acceptors (Lipinski definition) is 1. The van der Waals surface area contributed by atoms with Crippen LogP contribution >= 0.6 is 15.9 Å². The van der Waals surface area contributed by atoms with E-state index in [2.05, 4.69) is 27.8 Å². The molecule has 1 nitrogen and oxygen atoms in total. The van der Waals surface area contributed by atoms with Crippen molar-refractivity contribution in [2.45, 2.75) is 6.18 Å². The van der Waals surface area contributed by atoms with Crippen molar-refractivity contribution in [2.24, 2.45) is 0 Å². The van der Waals surface area contributed by atoms with Crippen LogP contribution in [0.15, 0.2) is 18.2 Å². The Balaban J connectivity index is 3.27. The van der Waals surface area contributed by atoms with Crippen LogP contribution < -0.4 is 5.73 Å². The van der Waals surface area contributed by atoms with Crippen LogP contribution in [0.4, 0.5) is 18.9 Å². The molecule has 80 valence electrons. The first-order valence-electron chi connectivity index (χ1n) is 3.96. The summed E-state index contributed by atoms with van der Waals surface area (Å²) in [6.07, 6.45) is -4.40. The first-order valence-corrected chi connectivity index (χ1v) is 5.09. The summed E-state index contributed by atoms with van der Waals surface area (Å²) in [5.41, 5.74) is 4.81. The molecule has 0 radical (unpaired) electrons. The number of alkyl halides is 4. The van der Waals surface area contributed by atoms with Gasteiger partial charge in [-0.15, -0.1) is 0 Å². The van der Waals surface area contributed by atoms with Gasteiger partial charge in [0.25, 0.3) is 0 Å². The Labute approximate surface area is 93.6 Å². The van der Waals surface area contributed by atoms with E-state index < -0.39 is 11.7 Å². The number of halogens is 4. The number of hydrogen-bond donors (Lipinski definition) is 1. The van der Waals surface area contributed by atoms with Crippen LogP contribution in [-0.4, -0.2) is 5.33 Å². The van der Waals surface area contributed by atoms with Crippen LogP contribution in [-0.2, 0) is 6.18 Å². The molecule has 15 heavy (non-hydrogen) atoms. The largest absolute Gasteiger partial charge is 0.417 e. The number of benzene rings is 1. The zero-order chi connectivity index (χ0) is 11.5. The molecule has 0 bridgehead atoms. The van der Waals surface area contributed by atoms with Gasteiger partial charge in [-0.3, -0.25) is 0 Å². The van der Waals surface area contributed by atoms with E-state index in [9.17, 15) is 13.2 Å². The Morgan fingerprint density at radius 2 is 2.00 bits per heavy atom. The lowest BCUT2D eigenvalue weighted by Crippen LogP contribution is -2.08. The van der Waals surface area contributed by atoms with Gasteiger partial charge in [0, 0.05) is 11.3 Å². The van der Waals surface area contributed by atoms with Crippen LogP contribution in [0.5, 0.6) is 0 Å². The second-order valence-electron chi connectivity index (χ2n) is 2.74. The lowest BCUT2D eigenvalue weighted by Gasteiger charge is -2.09. The zero-order valence-corrected chi connectivity index (χ0v) is 9.11. The van der Waals surface area contributed by atoms with E-state index in [-0.39, 0.29) is 11.3 Å². The molecular weight excluding hydrogens is 271 g/mol. The average molecular weight is 278 g/mol. The summed E-state index contributed by atoms with van der Waals surface area (Å²) in [5, 5.41) is 0.319. The Morgan fingerprint density at radius 1 is 1.33 bits per heavy atom. The summed E-state index contributed by atoms with van der Waals surface area (Å²) >= 11 is 3.01. The highest BCUT2D eigenvalue weighted by Crippen LogP contribution is 2.32. The molecule has 0 aliphatic heterocycles.